The van der Waals surface area contributed by atoms with Crippen molar-refractivity contribution >= 4 is 17.1 Å². The first-order valence-electron chi connectivity index (χ1n) is 6.54. The van der Waals surface area contributed by atoms with Gasteiger partial charge in [-0.3, -0.25) is 20.5 Å². The molecule has 0 unspecified atom stereocenters. The molecule has 0 radical (unpaired) electrons. The van der Waals surface area contributed by atoms with Gasteiger partial charge in [0.1, 0.15) is 5.82 Å². The average Bonchev–Trinajstić information content (AvgIpc) is 2.83. The summed E-state index contributed by atoms with van der Waals surface area (Å²) >= 11 is 0. The van der Waals surface area contributed by atoms with Gasteiger partial charge in [0, 0.05) is 5.56 Å². The van der Waals surface area contributed by atoms with E-state index in [-0.39, 0.29) is 16.4 Å². The van der Waals surface area contributed by atoms with E-state index in [1.807, 2.05) is 11.1 Å². The average molecular weight is 287 g/mol. The Hall–Kier alpha value is -2.63. The second-order valence-corrected chi connectivity index (χ2v) is 5.13. The number of hydrogen-bond acceptors (Lipinski definition) is 4. The number of hydrazine groups is 1. The maximum atomic E-state index is 13.0. The Balaban J connectivity index is 1.99. The third kappa shape index (κ3) is 2.18. The number of aryl methyl sites for hydroxylation is 1. The van der Waals surface area contributed by atoms with Gasteiger partial charge in [-0.2, -0.15) is 0 Å². The first-order chi connectivity index (χ1) is 9.97. The van der Waals surface area contributed by atoms with E-state index in [1.165, 1.54) is 12.1 Å². The van der Waals surface area contributed by atoms with Crippen LogP contribution in [0.1, 0.15) is 16.7 Å². The van der Waals surface area contributed by atoms with E-state index in [0.29, 0.717) is 17.7 Å². The molecule has 0 saturated heterocycles. The van der Waals surface area contributed by atoms with Gasteiger partial charge in [0.15, 0.2) is 0 Å². The summed E-state index contributed by atoms with van der Waals surface area (Å²) in [6, 6.07) is 7.95. The van der Waals surface area contributed by atoms with E-state index in [0.717, 1.165) is 16.9 Å². The number of anilines is 2. The van der Waals surface area contributed by atoms with Crippen LogP contribution in [0.15, 0.2) is 30.3 Å². The van der Waals surface area contributed by atoms with Gasteiger partial charge in [-0.15, -0.1) is 0 Å². The third-order valence-corrected chi connectivity index (χ3v) is 3.71. The molecule has 0 saturated carbocycles. The van der Waals surface area contributed by atoms with Crippen molar-refractivity contribution in [1.29, 1.82) is 0 Å². The molecule has 1 aliphatic rings. The summed E-state index contributed by atoms with van der Waals surface area (Å²) in [6.45, 7) is 4.07. The molecule has 108 valence electrons. The van der Waals surface area contributed by atoms with Gasteiger partial charge in [-0.05, 0) is 49.7 Å². The Labute approximate surface area is 121 Å². The Morgan fingerprint density at radius 3 is 2.57 bits per heavy atom. The Kier molecular flexibility index (Phi) is 3.01. The maximum absolute atomic E-state index is 13.0. The molecular weight excluding hydrogens is 273 g/mol. The summed E-state index contributed by atoms with van der Waals surface area (Å²) in [4.78, 5) is 10.8. The molecule has 1 aliphatic heterocycles. The van der Waals surface area contributed by atoms with Crippen molar-refractivity contribution in [2.75, 3.05) is 10.4 Å². The number of nitro groups is 1. The minimum absolute atomic E-state index is 0.141. The van der Waals surface area contributed by atoms with Crippen LogP contribution in [-0.2, 0) is 6.54 Å². The summed E-state index contributed by atoms with van der Waals surface area (Å²) in [7, 11) is 0. The van der Waals surface area contributed by atoms with Crippen LogP contribution in [0.5, 0.6) is 0 Å². The van der Waals surface area contributed by atoms with Crippen molar-refractivity contribution in [3.8, 4) is 0 Å². The zero-order chi connectivity index (χ0) is 15.1. The van der Waals surface area contributed by atoms with Crippen LogP contribution >= 0.6 is 0 Å². The van der Waals surface area contributed by atoms with E-state index in [9.17, 15) is 14.5 Å². The van der Waals surface area contributed by atoms with Gasteiger partial charge in [0.25, 0.3) is 5.69 Å². The summed E-state index contributed by atoms with van der Waals surface area (Å²) in [5, 5.41) is 13.0. The molecule has 0 aliphatic carbocycles. The topological polar surface area (TPSA) is 58.4 Å². The first kappa shape index (κ1) is 13.4. The number of hydrogen-bond donors (Lipinski definition) is 1. The third-order valence-electron chi connectivity index (χ3n) is 3.71. The smallest absolute Gasteiger partial charge is 0.277 e. The van der Waals surface area contributed by atoms with Crippen molar-refractivity contribution < 1.29 is 9.31 Å². The van der Waals surface area contributed by atoms with E-state index >= 15 is 0 Å². The molecule has 5 nitrogen and oxygen atoms in total. The molecule has 0 atom stereocenters. The van der Waals surface area contributed by atoms with Crippen LogP contribution in [0.25, 0.3) is 0 Å². The Morgan fingerprint density at radius 2 is 1.95 bits per heavy atom. The normalized spacial score (nSPS) is 13.0. The van der Waals surface area contributed by atoms with E-state index < -0.39 is 0 Å². The molecule has 0 fully saturated rings. The van der Waals surface area contributed by atoms with Gasteiger partial charge < -0.3 is 0 Å². The fourth-order valence-electron chi connectivity index (χ4n) is 2.74. The minimum atomic E-state index is -0.354. The number of nitrogens with one attached hydrogen (secondary N) is 1. The number of rotatable bonds is 2. The highest BCUT2D eigenvalue weighted by Crippen LogP contribution is 2.38. The van der Waals surface area contributed by atoms with Crippen molar-refractivity contribution in [2.45, 2.75) is 20.4 Å². The van der Waals surface area contributed by atoms with Crippen LogP contribution in [0.4, 0.5) is 21.5 Å². The molecule has 3 rings (SSSR count). The number of nitro benzene ring substituents is 1. The first-order valence-corrected chi connectivity index (χ1v) is 6.54. The predicted molar refractivity (Wildman–Crippen MR) is 78.8 cm³/mol. The highest BCUT2D eigenvalue weighted by molar-refractivity contribution is 5.73. The summed E-state index contributed by atoms with van der Waals surface area (Å²) in [5.41, 5.74) is 7.16. The minimum Gasteiger partial charge on any atom is -0.297 e. The number of benzene rings is 2. The zero-order valence-corrected chi connectivity index (χ0v) is 11.7. The summed E-state index contributed by atoms with van der Waals surface area (Å²) in [5.74, 6) is -0.293. The van der Waals surface area contributed by atoms with Crippen LogP contribution < -0.4 is 10.4 Å². The number of fused-ring (bicyclic) bond motifs is 1. The molecule has 1 heterocycles. The SMILES string of the molecule is Cc1cc2c(c(C)c1[N+](=O)[O-])NN(c1ccc(F)cc1)C2. The molecule has 0 amide bonds. The molecule has 0 aromatic heterocycles. The molecule has 1 N–H and O–H groups in total. The maximum Gasteiger partial charge on any atom is 0.277 e. The fourth-order valence-corrected chi connectivity index (χ4v) is 2.74. The van der Waals surface area contributed by atoms with Gasteiger partial charge in [0.2, 0.25) is 0 Å². The second-order valence-electron chi connectivity index (χ2n) is 5.13. The lowest BCUT2D eigenvalue weighted by atomic mass is 10.0. The number of halogens is 1. The monoisotopic (exact) mass is 287 g/mol. The molecular formula is C15H14FN3O2. The molecule has 0 spiro atoms. The van der Waals surface area contributed by atoms with Gasteiger partial charge >= 0.3 is 0 Å². The van der Waals surface area contributed by atoms with Gasteiger partial charge in [-0.25, -0.2) is 4.39 Å². The van der Waals surface area contributed by atoms with Crippen LogP contribution in [-0.4, -0.2) is 4.92 Å². The Bertz CT molecular complexity index is 729. The Morgan fingerprint density at radius 1 is 1.29 bits per heavy atom. The van der Waals surface area contributed by atoms with E-state index in [4.69, 9.17) is 0 Å². The highest BCUT2D eigenvalue weighted by atomic mass is 19.1. The van der Waals surface area contributed by atoms with Crippen molar-refractivity contribution in [3.05, 3.63) is 63.0 Å². The lowest BCUT2D eigenvalue weighted by Gasteiger charge is -2.18. The van der Waals surface area contributed by atoms with E-state index in [2.05, 4.69) is 5.43 Å². The summed E-state index contributed by atoms with van der Waals surface area (Å²) < 4.78 is 13.0. The van der Waals surface area contributed by atoms with Gasteiger partial charge in [0.05, 0.1) is 28.4 Å². The lowest BCUT2D eigenvalue weighted by Crippen LogP contribution is -2.22. The van der Waals surface area contributed by atoms with E-state index in [1.54, 1.807) is 26.0 Å². The van der Waals surface area contributed by atoms with Crippen molar-refractivity contribution in [2.24, 2.45) is 0 Å². The second kappa shape index (κ2) is 4.73. The number of nitrogens with zero attached hydrogens (tertiary/aromatic N) is 2. The fraction of sp³-hybridized carbons (Fsp3) is 0.200. The van der Waals surface area contributed by atoms with Crippen molar-refractivity contribution in [3.63, 3.8) is 0 Å². The van der Waals surface area contributed by atoms with Crippen LogP contribution in [0.3, 0.4) is 0 Å². The molecule has 2 aromatic carbocycles. The largest absolute Gasteiger partial charge is 0.297 e. The molecule has 2 aromatic rings. The van der Waals surface area contributed by atoms with Gasteiger partial charge in [-0.1, -0.05) is 0 Å². The highest BCUT2D eigenvalue weighted by Gasteiger charge is 2.27. The lowest BCUT2D eigenvalue weighted by molar-refractivity contribution is -0.386. The standard InChI is InChI=1S/C15H14FN3O2/c1-9-7-11-8-18(13-5-3-12(16)4-6-13)17-14(11)10(2)15(9)19(20)21/h3-7,17H,8H2,1-2H3. The summed E-state index contributed by atoms with van der Waals surface area (Å²) in [6.07, 6.45) is 0. The van der Waals surface area contributed by atoms with Crippen LogP contribution in [0, 0.1) is 29.8 Å². The molecule has 21 heavy (non-hydrogen) atoms. The molecule has 6 heteroatoms. The molecule has 0 bridgehead atoms. The van der Waals surface area contributed by atoms with Crippen molar-refractivity contribution in [1.82, 2.24) is 0 Å². The van der Waals surface area contributed by atoms with Crippen LogP contribution in [0.2, 0.25) is 0 Å². The zero-order valence-electron chi connectivity index (χ0n) is 11.7. The quantitative estimate of drug-likeness (QED) is 0.676. The predicted octanol–water partition coefficient (Wildman–Crippen LogP) is 3.70.